The maximum atomic E-state index is 11.2. The van der Waals surface area contributed by atoms with Gasteiger partial charge in [0.15, 0.2) is 0 Å². The first-order valence-electron chi connectivity index (χ1n) is 3.94. The number of carbonyl (C=O) groups is 1. The van der Waals surface area contributed by atoms with Crippen LogP contribution in [0.2, 0.25) is 0 Å². The van der Waals surface area contributed by atoms with Crippen molar-refractivity contribution in [1.82, 2.24) is 4.90 Å². The fourth-order valence-corrected chi connectivity index (χ4v) is 2.49. The highest BCUT2D eigenvalue weighted by atomic mass is 32.2. The molecule has 1 saturated heterocycles. The van der Waals surface area contributed by atoms with Crippen molar-refractivity contribution in [1.29, 1.82) is 0 Å². The summed E-state index contributed by atoms with van der Waals surface area (Å²) in [5.74, 6) is 0.700. The summed E-state index contributed by atoms with van der Waals surface area (Å²) in [6, 6.07) is -0.0741. The van der Waals surface area contributed by atoms with Gasteiger partial charge >= 0.3 is 5.97 Å². The molecule has 0 unspecified atom stereocenters. The predicted octanol–water partition coefficient (Wildman–Crippen LogP) is 0.943. The van der Waals surface area contributed by atoms with Gasteiger partial charge in [0.2, 0.25) is 0 Å². The van der Waals surface area contributed by atoms with Crippen molar-refractivity contribution in [2.75, 3.05) is 19.9 Å². The molecule has 1 fully saturated rings. The fraction of sp³-hybridized carbons (Fsp3) is 0.875. The SMILES string of the molecule is COC(=O)[C@H]1CSC(C)(C)N1C. The third-order valence-corrected chi connectivity index (χ3v) is 3.86. The number of ether oxygens (including phenoxy) is 1. The van der Waals surface area contributed by atoms with E-state index in [1.165, 1.54) is 7.11 Å². The van der Waals surface area contributed by atoms with Crippen LogP contribution in [0.4, 0.5) is 0 Å². The molecule has 4 heteroatoms. The van der Waals surface area contributed by atoms with Crippen LogP contribution in [0.1, 0.15) is 13.8 Å². The summed E-state index contributed by atoms with van der Waals surface area (Å²) in [5, 5.41) is 0. The minimum absolute atomic E-state index is 0.0544. The second-order valence-corrected chi connectivity index (χ2v) is 5.03. The van der Waals surface area contributed by atoms with Crippen LogP contribution in [0.15, 0.2) is 0 Å². The number of likely N-dealkylation sites (N-methyl/N-ethyl adjacent to an activating group) is 1. The summed E-state index contributed by atoms with van der Waals surface area (Å²) in [6.45, 7) is 4.22. The zero-order valence-electron chi connectivity index (χ0n) is 7.96. The normalized spacial score (nSPS) is 28.8. The van der Waals surface area contributed by atoms with Crippen LogP contribution in [0.25, 0.3) is 0 Å². The Morgan fingerprint density at radius 2 is 2.25 bits per heavy atom. The highest BCUT2D eigenvalue weighted by Gasteiger charge is 2.41. The highest BCUT2D eigenvalue weighted by Crippen LogP contribution is 2.37. The molecule has 0 radical (unpaired) electrons. The van der Waals surface area contributed by atoms with E-state index in [9.17, 15) is 4.79 Å². The van der Waals surface area contributed by atoms with Gasteiger partial charge in [-0.1, -0.05) is 0 Å². The van der Waals surface area contributed by atoms with Gasteiger partial charge in [0.25, 0.3) is 0 Å². The van der Waals surface area contributed by atoms with Crippen LogP contribution >= 0.6 is 11.8 Å². The minimum atomic E-state index is -0.129. The largest absolute Gasteiger partial charge is 0.468 e. The Morgan fingerprint density at radius 3 is 2.58 bits per heavy atom. The summed E-state index contributed by atoms with van der Waals surface area (Å²) in [6.07, 6.45) is 0. The lowest BCUT2D eigenvalue weighted by molar-refractivity contribution is -0.145. The molecule has 0 saturated carbocycles. The number of carbonyl (C=O) groups excluding carboxylic acids is 1. The number of methoxy groups -OCH3 is 1. The van der Waals surface area contributed by atoms with Gasteiger partial charge in [-0.05, 0) is 20.9 Å². The summed E-state index contributed by atoms with van der Waals surface area (Å²) in [4.78, 5) is 13.3. The maximum absolute atomic E-state index is 11.2. The Labute approximate surface area is 77.4 Å². The van der Waals surface area contributed by atoms with Gasteiger partial charge in [-0.2, -0.15) is 0 Å². The van der Waals surface area contributed by atoms with Crippen molar-refractivity contribution < 1.29 is 9.53 Å². The smallest absolute Gasteiger partial charge is 0.323 e. The van der Waals surface area contributed by atoms with Crippen molar-refractivity contribution in [2.45, 2.75) is 24.8 Å². The number of hydrogen-bond donors (Lipinski definition) is 0. The topological polar surface area (TPSA) is 29.5 Å². The van der Waals surface area contributed by atoms with Crippen molar-refractivity contribution >= 4 is 17.7 Å². The zero-order chi connectivity index (χ0) is 9.35. The Morgan fingerprint density at radius 1 is 1.67 bits per heavy atom. The summed E-state index contributed by atoms with van der Waals surface area (Å²) >= 11 is 1.78. The van der Waals surface area contributed by atoms with E-state index in [2.05, 4.69) is 18.7 Å². The van der Waals surface area contributed by atoms with Gasteiger partial charge in [-0.25, -0.2) is 0 Å². The lowest BCUT2D eigenvalue weighted by Gasteiger charge is -2.29. The monoisotopic (exact) mass is 189 g/mol. The Balaban J connectivity index is 2.67. The molecule has 0 aromatic carbocycles. The van der Waals surface area contributed by atoms with E-state index in [1.54, 1.807) is 11.8 Å². The molecule has 0 aromatic heterocycles. The van der Waals surface area contributed by atoms with E-state index in [4.69, 9.17) is 4.74 Å². The Kier molecular flexibility index (Phi) is 2.68. The molecule has 0 aromatic rings. The second kappa shape index (κ2) is 3.26. The van der Waals surface area contributed by atoms with E-state index in [0.29, 0.717) is 0 Å². The third kappa shape index (κ3) is 1.59. The Hall–Kier alpha value is -0.220. The van der Waals surface area contributed by atoms with E-state index in [1.807, 2.05) is 7.05 Å². The molecule has 0 bridgehead atoms. The number of nitrogens with zero attached hydrogens (tertiary/aromatic N) is 1. The standard InChI is InChI=1S/C8H15NO2S/c1-8(2)9(3)6(5-12-8)7(10)11-4/h6H,5H2,1-4H3/t6-/m1/s1. The van der Waals surface area contributed by atoms with Crippen LogP contribution in [-0.4, -0.2) is 41.7 Å². The van der Waals surface area contributed by atoms with Crippen molar-refractivity contribution in [3.63, 3.8) is 0 Å². The van der Waals surface area contributed by atoms with Crippen molar-refractivity contribution in [3.05, 3.63) is 0 Å². The molecule has 0 spiro atoms. The van der Waals surface area contributed by atoms with Gasteiger partial charge in [0.05, 0.1) is 12.0 Å². The highest BCUT2D eigenvalue weighted by molar-refractivity contribution is 8.00. The molecule has 0 aliphatic carbocycles. The van der Waals surface area contributed by atoms with Crippen molar-refractivity contribution in [3.8, 4) is 0 Å². The maximum Gasteiger partial charge on any atom is 0.323 e. The molecule has 1 atom stereocenters. The third-order valence-electron chi connectivity index (χ3n) is 2.38. The lowest BCUT2D eigenvalue weighted by Crippen LogP contribution is -2.43. The number of esters is 1. The average molecular weight is 189 g/mol. The number of hydrogen-bond acceptors (Lipinski definition) is 4. The first kappa shape index (κ1) is 9.86. The molecular formula is C8H15NO2S. The predicted molar refractivity (Wildman–Crippen MR) is 50.1 cm³/mol. The molecule has 0 amide bonds. The van der Waals surface area contributed by atoms with E-state index in [-0.39, 0.29) is 16.9 Å². The lowest BCUT2D eigenvalue weighted by atomic mass is 10.2. The van der Waals surface area contributed by atoms with Gasteiger partial charge in [-0.3, -0.25) is 9.69 Å². The van der Waals surface area contributed by atoms with Gasteiger partial charge < -0.3 is 4.74 Å². The second-order valence-electron chi connectivity index (χ2n) is 3.41. The molecule has 1 rings (SSSR count). The molecule has 12 heavy (non-hydrogen) atoms. The molecule has 3 nitrogen and oxygen atoms in total. The van der Waals surface area contributed by atoms with E-state index in [0.717, 1.165) is 5.75 Å². The summed E-state index contributed by atoms with van der Waals surface area (Å²) < 4.78 is 4.70. The van der Waals surface area contributed by atoms with E-state index >= 15 is 0 Å². The van der Waals surface area contributed by atoms with Gasteiger partial charge in [0.1, 0.15) is 6.04 Å². The molecular weight excluding hydrogens is 174 g/mol. The van der Waals surface area contributed by atoms with E-state index < -0.39 is 0 Å². The summed E-state index contributed by atoms with van der Waals surface area (Å²) in [5.41, 5.74) is 0. The molecule has 70 valence electrons. The molecule has 1 aliphatic heterocycles. The van der Waals surface area contributed by atoms with Gasteiger partial charge in [-0.15, -0.1) is 11.8 Å². The van der Waals surface area contributed by atoms with Crippen LogP contribution in [0, 0.1) is 0 Å². The first-order valence-corrected chi connectivity index (χ1v) is 4.92. The number of thioether (sulfide) groups is 1. The Bertz CT molecular complexity index is 193. The van der Waals surface area contributed by atoms with Crippen LogP contribution in [0.5, 0.6) is 0 Å². The van der Waals surface area contributed by atoms with Crippen LogP contribution in [0.3, 0.4) is 0 Å². The van der Waals surface area contributed by atoms with Crippen LogP contribution in [-0.2, 0) is 9.53 Å². The fourth-order valence-electron chi connectivity index (χ4n) is 1.23. The number of rotatable bonds is 1. The molecule has 1 heterocycles. The average Bonchev–Trinajstić information content (AvgIpc) is 2.27. The summed E-state index contributed by atoms with van der Waals surface area (Å²) in [7, 11) is 3.40. The van der Waals surface area contributed by atoms with Crippen molar-refractivity contribution in [2.24, 2.45) is 0 Å². The van der Waals surface area contributed by atoms with Gasteiger partial charge in [0, 0.05) is 5.75 Å². The quantitative estimate of drug-likeness (QED) is 0.574. The molecule has 1 aliphatic rings. The van der Waals surface area contributed by atoms with Crippen LogP contribution < -0.4 is 0 Å². The zero-order valence-corrected chi connectivity index (χ0v) is 8.77. The first-order chi connectivity index (χ1) is 5.49. The minimum Gasteiger partial charge on any atom is -0.468 e. The molecule has 0 N–H and O–H groups in total.